The highest BCUT2D eigenvalue weighted by atomic mass is 32.2. The first-order valence-electron chi connectivity index (χ1n) is 5.96. The normalized spacial score (nSPS) is 13.8. The third-order valence-corrected chi connectivity index (χ3v) is 4.07. The third kappa shape index (κ3) is 3.40. The van der Waals surface area contributed by atoms with Gasteiger partial charge in [0, 0.05) is 19.0 Å². The molecule has 5 nitrogen and oxygen atoms in total. The van der Waals surface area contributed by atoms with E-state index in [4.69, 9.17) is 15.9 Å². The number of sulfonamides is 1. The minimum atomic E-state index is -3.53. The fourth-order valence-corrected chi connectivity index (χ4v) is 2.76. The first-order valence-corrected chi connectivity index (χ1v) is 7.44. The Bertz CT molecular complexity index is 589. The molecule has 1 aromatic carbocycles. The highest BCUT2D eigenvalue weighted by Crippen LogP contribution is 2.32. The van der Waals surface area contributed by atoms with Crippen LogP contribution in [-0.2, 0) is 10.0 Å². The fraction of sp³-hybridized carbons (Fsp3) is 0.385. The molecule has 2 rings (SSSR count). The standard InChI is InChI=1S/C13H15NO4S/c1-2-3-4-7-14-19(15,16)11-5-6-12-13(10-11)18-9-8-17-12/h1,5-6,10,14H,3-4,7-9H2. The van der Waals surface area contributed by atoms with Crippen LogP contribution in [0.25, 0.3) is 0 Å². The molecule has 0 aliphatic carbocycles. The van der Waals surface area contributed by atoms with Gasteiger partial charge < -0.3 is 9.47 Å². The van der Waals surface area contributed by atoms with Gasteiger partial charge in [-0.25, -0.2) is 13.1 Å². The molecule has 1 aromatic rings. The fourth-order valence-electron chi connectivity index (χ4n) is 1.67. The highest BCUT2D eigenvalue weighted by molar-refractivity contribution is 7.89. The molecule has 1 aliphatic heterocycles. The summed E-state index contributed by atoms with van der Waals surface area (Å²) in [4.78, 5) is 0.164. The Balaban J connectivity index is 2.10. The maximum Gasteiger partial charge on any atom is 0.240 e. The molecule has 0 atom stereocenters. The van der Waals surface area contributed by atoms with E-state index in [1.807, 2.05) is 0 Å². The molecule has 0 amide bonds. The lowest BCUT2D eigenvalue weighted by Crippen LogP contribution is -2.25. The van der Waals surface area contributed by atoms with Gasteiger partial charge in [-0.1, -0.05) is 0 Å². The quantitative estimate of drug-likeness (QED) is 0.649. The lowest BCUT2D eigenvalue weighted by atomic mass is 10.3. The molecule has 1 aliphatic rings. The molecule has 0 radical (unpaired) electrons. The average Bonchev–Trinajstić information content (AvgIpc) is 2.43. The van der Waals surface area contributed by atoms with Crippen molar-refractivity contribution in [2.45, 2.75) is 17.7 Å². The molecule has 19 heavy (non-hydrogen) atoms. The Morgan fingerprint density at radius 3 is 2.74 bits per heavy atom. The molecular weight excluding hydrogens is 266 g/mol. The van der Waals surface area contributed by atoms with Gasteiger partial charge >= 0.3 is 0 Å². The number of hydrogen-bond acceptors (Lipinski definition) is 4. The third-order valence-electron chi connectivity index (χ3n) is 2.61. The van der Waals surface area contributed by atoms with E-state index in [0.29, 0.717) is 44.1 Å². The zero-order valence-electron chi connectivity index (χ0n) is 10.4. The molecule has 0 bridgehead atoms. The van der Waals surface area contributed by atoms with E-state index in [1.54, 1.807) is 6.07 Å². The van der Waals surface area contributed by atoms with Crippen LogP contribution in [0.15, 0.2) is 23.1 Å². The van der Waals surface area contributed by atoms with Gasteiger partial charge in [-0.2, -0.15) is 0 Å². The molecule has 102 valence electrons. The van der Waals surface area contributed by atoms with Gasteiger partial charge in [0.15, 0.2) is 11.5 Å². The second-order valence-electron chi connectivity index (χ2n) is 4.01. The summed E-state index contributed by atoms with van der Waals surface area (Å²) < 4.78 is 37.2. The lowest BCUT2D eigenvalue weighted by molar-refractivity contribution is 0.171. The van der Waals surface area contributed by atoms with E-state index in [2.05, 4.69) is 10.6 Å². The van der Waals surface area contributed by atoms with Crippen LogP contribution in [0.1, 0.15) is 12.8 Å². The average molecular weight is 281 g/mol. The van der Waals surface area contributed by atoms with Crippen LogP contribution in [0, 0.1) is 12.3 Å². The first-order chi connectivity index (χ1) is 9.13. The Labute approximate surface area is 113 Å². The Morgan fingerprint density at radius 2 is 2.00 bits per heavy atom. The number of unbranched alkanes of at least 4 members (excludes halogenated alkanes) is 1. The molecule has 6 heteroatoms. The Hall–Kier alpha value is -1.71. The van der Waals surface area contributed by atoms with E-state index in [0.717, 1.165) is 0 Å². The van der Waals surface area contributed by atoms with Gasteiger partial charge in [0.2, 0.25) is 10.0 Å². The summed E-state index contributed by atoms with van der Waals surface area (Å²) in [5, 5.41) is 0. The van der Waals surface area contributed by atoms with Crippen molar-refractivity contribution in [3.05, 3.63) is 18.2 Å². The SMILES string of the molecule is C#CCCCNS(=O)(=O)c1ccc2c(c1)OCCO2. The summed E-state index contributed by atoms with van der Waals surface area (Å²) in [6.07, 6.45) is 6.26. The van der Waals surface area contributed by atoms with Crippen LogP contribution in [0.3, 0.4) is 0 Å². The lowest BCUT2D eigenvalue weighted by Gasteiger charge is -2.18. The first kappa shape index (κ1) is 13.7. The molecule has 1 N–H and O–H groups in total. The maximum atomic E-state index is 12.0. The number of nitrogens with one attached hydrogen (secondary N) is 1. The number of hydrogen-bond donors (Lipinski definition) is 1. The summed E-state index contributed by atoms with van der Waals surface area (Å²) in [6, 6.07) is 4.57. The van der Waals surface area contributed by atoms with E-state index < -0.39 is 10.0 Å². The van der Waals surface area contributed by atoms with Gasteiger partial charge in [-0.05, 0) is 18.6 Å². The van der Waals surface area contributed by atoms with Crippen LogP contribution in [0.5, 0.6) is 11.5 Å². The Kier molecular flexibility index (Phi) is 4.30. The number of ether oxygens (including phenoxy) is 2. The van der Waals surface area contributed by atoms with Crippen molar-refractivity contribution in [1.82, 2.24) is 4.72 Å². The zero-order chi connectivity index (χ0) is 13.7. The topological polar surface area (TPSA) is 64.6 Å². The summed E-state index contributed by atoms with van der Waals surface area (Å²) >= 11 is 0. The molecule has 0 spiro atoms. The Morgan fingerprint density at radius 1 is 1.26 bits per heavy atom. The second-order valence-corrected chi connectivity index (χ2v) is 5.78. The van der Waals surface area contributed by atoms with Crippen molar-refractivity contribution >= 4 is 10.0 Å². The minimum absolute atomic E-state index is 0.164. The van der Waals surface area contributed by atoms with E-state index >= 15 is 0 Å². The van der Waals surface area contributed by atoms with Gasteiger partial charge in [0.05, 0.1) is 4.90 Å². The smallest absolute Gasteiger partial charge is 0.240 e. The molecule has 0 fully saturated rings. The van der Waals surface area contributed by atoms with Crippen molar-refractivity contribution in [2.24, 2.45) is 0 Å². The van der Waals surface area contributed by atoms with Crippen LogP contribution in [0.2, 0.25) is 0 Å². The maximum absolute atomic E-state index is 12.0. The van der Waals surface area contributed by atoms with Crippen molar-refractivity contribution < 1.29 is 17.9 Å². The number of benzene rings is 1. The van der Waals surface area contributed by atoms with E-state index in [-0.39, 0.29) is 4.90 Å². The summed E-state index contributed by atoms with van der Waals surface area (Å²) in [5.74, 6) is 3.49. The molecule has 0 saturated carbocycles. The molecule has 0 saturated heterocycles. The molecule has 1 heterocycles. The zero-order valence-corrected chi connectivity index (χ0v) is 11.2. The minimum Gasteiger partial charge on any atom is -0.486 e. The molecule has 0 unspecified atom stereocenters. The van der Waals surface area contributed by atoms with Gasteiger partial charge in [-0.15, -0.1) is 12.3 Å². The van der Waals surface area contributed by atoms with E-state index in [1.165, 1.54) is 12.1 Å². The van der Waals surface area contributed by atoms with Crippen molar-refractivity contribution in [3.63, 3.8) is 0 Å². The predicted octanol–water partition coefficient (Wildman–Crippen LogP) is 1.15. The van der Waals surface area contributed by atoms with Crippen LogP contribution >= 0.6 is 0 Å². The largest absolute Gasteiger partial charge is 0.486 e. The van der Waals surface area contributed by atoms with Crippen LogP contribution in [-0.4, -0.2) is 28.2 Å². The van der Waals surface area contributed by atoms with Gasteiger partial charge in [0.1, 0.15) is 13.2 Å². The van der Waals surface area contributed by atoms with Crippen LogP contribution in [0.4, 0.5) is 0 Å². The molecule has 0 aromatic heterocycles. The monoisotopic (exact) mass is 281 g/mol. The van der Waals surface area contributed by atoms with Gasteiger partial charge in [0.25, 0.3) is 0 Å². The van der Waals surface area contributed by atoms with Gasteiger partial charge in [-0.3, -0.25) is 0 Å². The van der Waals surface area contributed by atoms with Crippen LogP contribution < -0.4 is 14.2 Å². The summed E-state index contributed by atoms with van der Waals surface area (Å²) in [5.41, 5.74) is 0. The van der Waals surface area contributed by atoms with Crippen molar-refractivity contribution in [2.75, 3.05) is 19.8 Å². The number of fused-ring (bicyclic) bond motifs is 1. The molecular formula is C13H15NO4S. The summed E-state index contributed by atoms with van der Waals surface area (Å²) in [6.45, 7) is 1.22. The van der Waals surface area contributed by atoms with Crippen molar-refractivity contribution in [1.29, 1.82) is 0 Å². The summed E-state index contributed by atoms with van der Waals surface area (Å²) in [7, 11) is -3.53. The van der Waals surface area contributed by atoms with Crippen molar-refractivity contribution in [3.8, 4) is 23.8 Å². The number of terminal acetylenes is 1. The number of rotatable bonds is 5. The predicted molar refractivity (Wildman–Crippen MR) is 70.7 cm³/mol. The van der Waals surface area contributed by atoms with E-state index in [9.17, 15) is 8.42 Å². The second kappa shape index (κ2) is 5.95. The highest BCUT2D eigenvalue weighted by Gasteiger charge is 2.18.